The molecular formula is C28H29N5O8. The number of fused-ring (bicyclic) bond motifs is 1. The highest BCUT2D eigenvalue weighted by atomic mass is 16.4. The molecule has 4 N–H and O–H groups in total. The van der Waals surface area contributed by atoms with Gasteiger partial charge in [0.1, 0.15) is 18.4 Å². The number of hydrogen-bond donors (Lipinski definition) is 4. The van der Waals surface area contributed by atoms with E-state index in [-0.39, 0.29) is 37.3 Å². The summed E-state index contributed by atoms with van der Waals surface area (Å²) in [6.45, 7) is 0.192. The van der Waals surface area contributed by atoms with Crippen molar-refractivity contribution in [1.82, 2.24) is 20.7 Å². The number of carboxylic acid groups (broad SMARTS) is 1. The molecule has 214 valence electrons. The van der Waals surface area contributed by atoms with E-state index in [0.717, 1.165) is 5.01 Å². The number of anilines is 1. The number of aliphatic carboxylic acids is 1. The summed E-state index contributed by atoms with van der Waals surface area (Å²) in [5.41, 5.74) is 1.14. The molecule has 0 saturated carbocycles. The van der Waals surface area contributed by atoms with E-state index in [1.54, 1.807) is 42.5 Å². The van der Waals surface area contributed by atoms with Gasteiger partial charge in [0.05, 0.1) is 12.5 Å². The average Bonchev–Trinajstić information content (AvgIpc) is 3.09. The molecule has 5 amide bonds. The third-order valence-electron chi connectivity index (χ3n) is 6.80. The standard InChI is InChI=1S/C28H29N5O8/c34-16-20(15-24(36)37)30-27(40)22-7-4-14-32-23(35)13-12-21(28(41)33(22)32)31-26(39)18-8-10-19(11-9-18)29-25(38)17-5-2-1-3-6-17/h1-3,5-6,8-11,16,20-22H,4,7,12-15H2,(H,29,38)(H,30,40)(H,31,39)(H,36,37). The van der Waals surface area contributed by atoms with Crippen LogP contribution in [0.5, 0.6) is 0 Å². The average molecular weight is 564 g/mol. The number of rotatable bonds is 9. The van der Waals surface area contributed by atoms with Crippen LogP contribution in [0.2, 0.25) is 0 Å². The van der Waals surface area contributed by atoms with Crippen LogP contribution in [0.25, 0.3) is 0 Å². The molecule has 0 aromatic heterocycles. The summed E-state index contributed by atoms with van der Waals surface area (Å²) in [6, 6.07) is 11.1. The van der Waals surface area contributed by atoms with Gasteiger partial charge in [0.2, 0.25) is 11.8 Å². The first-order valence-corrected chi connectivity index (χ1v) is 13.1. The molecule has 2 fully saturated rings. The highest BCUT2D eigenvalue weighted by molar-refractivity contribution is 6.05. The Kier molecular flexibility index (Phi) is 9.07. The zero-order chi connectivity index (χ0) is 29.5. The normalized spacial score (nSPS) is 19.3. The van der Waals surface area contributed by atoms with Gasteiger partial charge in [-0.2, -0.15) is 0 Å². The molecule has 2 saturated heterocycles. The molecule has 4 rings (SSSR count). The fourth-order valence-corrected chi connectivity index (χ4v) is 4.75. The number of carboxylic acids is 1. The smallest absolute Gasteiger partial charge is 0.305 e. The fourth-order valence-electron chi connectivity index (χ4n) is 4.75. The lowest BCUT2D eigenvalue weighted by Gasteiger charge is -2.43. The molecular weight excluding hydrogens is 534 g/mol. The van der Waals surface area contributed by atoms with Crippen LogP contribution in [0.3, 0.4) is 0 Å². The largest absolute Gasteiger partial charge is 0.481 e. The number of benzene rings is 2. The molecule has 2 aliphatic heterocycles. The quantitative estimate of drug-likeness (QED) is 0.322. The monoisotopic (exact) mass is 563 g/mol. The van der Waals surface area contributed by atoms with Gasteiger partial charge in [-0.1, -0.05) is 18.2 Å². The molecule has 0 radical (unpaired) electrons. The third kappa shape index (κ3) is 6.93. The lowest BCUT2D eigenvalue weighted by atomic mass is 10.0. The van der Waals surface area contributed by atoms with Crippen LogP contribution >= 0.6 is 0 Å². The van der Waals surface area contributed by atoms with Gasteiger partial charge in [-0.25, -0.2) is 5.01 Å². The third-order valence-corrected chi connectivity index (χ3v) is 6.80. The predicted molar refractivity (Wildman–Crippen MR) is 143 cm³/mol. The summed E-state index contributed by atoms with van der Waals surface area (Å²) in [5, 5.41) is 18.9. The van der Waals surface area contributed by atoms with Crippen molar-refractivity contribution in [3.63, 3.8) is 0 Å². The Hall–Kier alpha value is -5.07. The van der Waals surface area contributed by atoms with Crippen LogP contribution in [-0.4, -0.2) is 81.6 Å². The number of carbonyl (C=O) groups is 7. The van der Waals surface area contributed by atoms with Gasteiger partial charge in [0, 0.05) is 29.8 Å². The number of nitrogens with zero attached hydrogens (tertiary/aromatic N) is 2. The summed E-state index contributed by atoms with van der Waals surface area (Å²) >= 11 is 0. The van der Waals surface area contributed by atoms with Gasteiger partial charge in [-0.3, -0.25) is 33.8 Å². The number of amides is 5. The van der Waals surface area contributed by atoms with Crippen LogP contribution < -0.4 is 16.0 Å². The molecule has 0 spiro atoms. The molecule has 2 aromatic rings. The summed E-state index contributed by atoms with van der Waals surface area (Å²) < 4.78 is 0. The SMILES string of the molecule is O=CC(CC(=O)O)NC(=O)C1CCCN2C(=O)CCC(NC(=O)c3ccc(NC(=O)c4ccccc4)cc3)C(=O)N12. The molecule has 0 aliphatic carbocycles. The molecule has 13 nitrogen and oxygen atoms in total. The highest BCUT2D eigenvalue weighted by Gasteiger charge is 2.45. The Balaban J connectivity index is 1.45. The van der Waals surface area contributed by atoms with E-state index in [4.69, 9.17) is 5.11 Å². The van der Waals surface area contributed by atoms with Crippen molar-refractivity contribution in [3.8, 4) is 0 Å². The van der Waals surface area contributed by atoms with Gasteiger partial charge >= 0.3 is 5.97 Å². The second kappa shape index (κ2) is 12.9. The van der Waals surface area contributed by atoms with Crippen LogP contribution in [0, 0.1) is 0 Å². The maximum atomic E-state index is 13.6. The van der Waals surface area contributed by atoms with Crippen LogP contribution in [-0.2, 0) is 24.0 Å². The van der Waals surface area contributed by atoms with Gasteiger partial charge < -0.3 is 25.9 Å². The Morgan fingerprint density at radius 3 is 2.29 bits per heavy atom. The number of hydrogen-bond acceptors (Lipinski definition) is 7. The summed E-state index contributed by atoms with van der Waals surface area (Å²) in [6.07, 6.45) is 0.197. The summed E-state index contributed by atoms with van der Waals surface area (Å²) in [7, 11) is 0. The van der Waals surface area contributed by atoms with Crippen molar-refractivity contribution >= 4 is 47.5 Å². The summed E-state index contributed by atoms with van der Waals surface area (Å²) in [5.74, 6) is -4.04. The minimum atomic E-state index is -1.30. The Morgan fingerprint density at radius 1 is 0.951 bits per heavy atom. The second-order valence-electron chi connectivity index (χ2n) is 9.67. The van der Waals surface area contributed by atoms with Crippen LogP contribution in [0.15, 0.2) is 54.6 Å². The number of carbonyl (C=O) groups excluding carboxylic acids is 6. The van der Waals surface area contributed by atoms with Crippen molar-refractivity contribution in [3.05, 3.63) is 65.7 Å². The predicted octanol–water partition coefficient (Wildman–Crippen LogP) is 0.724. The van der Waals surface area contributed by atoms with Gasteiger partial charge in [-0.05, 0) is 55.7 Å². The zero-order valence-corrected chi connectivity index (χ0v) is 21.9. The molecule has 3 atom stereocenters. The van der Waals surface area contributed by atoms with E-state index < -0.39 is 54.1 Å². The molecule has 41 heavy (non-hydrogen) atoms. The number of hydrazine groups is 1. The zero-order valence-electron chi connectivity index (χ0n) is 21.9. The van der Waals surface area contributed by atoms with Crippen molar-refractivity contribution in [2.45, 2.75) is 50.2 Å². The molecule has 13 heteroatoms. The lowest BCUT2D eigenvalue weighted by molar-refractivity contribution is -0.176. The van der Waals surface area contributed by atoms with Gasteiger partial charge in [0.25, 0.3) is 17.7 Å². The van der Waals surface area contributed by atoms with E-state index >= 15 is 0 Å². The Bertz CT molecular complexity index is 1350. The Labute approximate surface area is 234 Å². The summed E-state index contributed by atoms with van der Waals surface area (Å²) in [4.78, 5) is 87.1. The van der Waals surface area contributed by atoms with E-state index in [0.29, 0.717) is 24.0 Å². The van der Waals surface area contributed by atoms with E-state index in [1.807, 2.05) is 0 Å². The first-order chi connectivity index (χ1) is 19.7. The first-order valence-electron chi connectivity index (χ1n) is 13.1. The van der Waals surface area contributed by atoms with Crippen LogP contribution in [0.1, 0.15) is 52.8 Å². The second-order valence-corrected chi connectivity index (χ2v) is 9.67. The van der Waals surface area contributed by atoms with Gasteiger partial charge in [0.15, 0.2) is 0 Å². The first kappa shape index (κ1) is 28.9. The molecule has 0 bridgehead atoms. The van der Waals surface area contributed by atoms with Crippen molar-refractivity contribution in [2.75, 3.05) is 11.9 Å². The maximum Gasteiger partial charge on any atom is 0.305 e. The van der Waals surface area contributed by atoms with Gasteiger partial charge in [-0.15, -0.1) is 0 Å². The van der Waals surface area contributed by atoms with E-state index in [1.165, 1.54) is 17.1 Å². The van der Waals surface area contributed by atoms with E-state index in [2.05, 4.69) is 16.0 Å². The highest BCUT2D eigenvalue weighted by Crippen LogP contribution is 2.25. The molecule has 2 aromatic carbocycles. The fraction of sp³-hybridized carbons (Fsp3) is 0.321. The van der Waals surface area contributed by atoms with E-state index in [9.17, 15) is 33.6 Å². The van der Waals surface area contributed by atoms with Crippen molar-refractivity contribution in [1.29, 1.82) is 0 Å². The topological polar surface area (TPSA) is 182 Å². The molecule has 2 heterocycles. The number of aldehydes is 1. The van der Waals surface area contributed by atoms with Crippen molar-refractivity contribution in [2.24, 2.45) is 0 Å². The molecule has 3 unspecified atom stereocenters. The Morgan fingerprint density at radius 2 is 1.63 bits per heavy atom. The number of nitrogens with one attached hydrogen (secondary N) is 3. The van der Waals surface area contributed by atoms with Crippen molar-refractivity contribution < 1.29 is 38.7 Å². The minimum Gasteiger partial charge on any atom is -0.481 e. The lowest BCUT2D eigenvalue weighted by Crippen LogP contribution is -2.64. The molecule has 2 aliphatic rings. The minimum absolute atomic E-state index is 0.00589. The maximum absolute atomic E-state index is 13.6. The van der Waals surface area contributed by atoms with Crippen LogP contribution in [0.4, 0.5) is 5.69 Å².